The number of hydrogen-bond donors (Lipinski definition) is 0. The van der Waals surface area contributed by atoms with E-state index in [2.05, 4.69) is 26.9 Å². The highest BCUT2D eigenvalue weighted by atomic mass is 16.2. The highest BCUT2D eigenvalue weighted by Crippen LogP contribution is 2.49. The van der Waals surface area contributed by atoms with Gasteiger partial charge >= 0.3 is 0 Å². The van der Waals surface area contributed by atoms with E-state index in [9.17, 15) is 4.79 Å². The van der Waals surface area contributed by atoms with Crippen LogP contribution in [0, 0.1) is 17.8 Å². The third-order valence-electron chi connectivity index (χ3n) is 6.46. The molecule has 1 aromatic carbocycles. The SMILES string of the molecule is O=C(CC1CC2CCC1C2)N1CCn2c(nnc2-c2ccccc2)C1. The van der Waals surface area contributed by atoms with Crippen molar-refractivity contribution in [3.8, 4) is 11.4 Å². The molecule has 1 amide bonds. The standard InChI is InChI=1S/C20H24N4O/c25-19(12-17-11-14-6-7-16(17)10-14)23-8-9-24-18(13-23)21-22-20(24)15-4-2-1-3-5-15/h1-5,14,16-17H,6-13H2. The van der Waals surface area contributed by atoms with Crippen molar-refractivity contribution in [2.45, 2.75) is 45.2 Å². The lowest BCUT2D eigenvalue weighted by atomic mass is 9.86. The van der Waals surface area contributed by atoms with Gasteiger partial charge in [0.05, 0.1) is 6.54 Å². The Hall–Kier alpha value is -2.17. The van der Waals surface area contributed by atoms with Crippen LogP contribution in [-0.4, -0.2) is 32.1 Å². The van der Waals surface area contributed by atoms with Gasteiger partial charge in [0.2, 0.25) is 5.91 Å². The van der Waals surface area contributed by atoms with Gasteiger partial charge in [-0.25, -0.2) is 0 Å². The van der Waals surface area contributed by atoms with Crippen molar-refractivity contribution < 1.29 is 4.79 Å². The maximum atomic E-state index is 12.8. The van der Waals surface area contributed by atoms with Gasteiger partial charge in [-0.05, 0) is 37.0 Å². The molecule has 1 aliphatic heterocycles. The predicted molar refractivity (Wildman–Crippen MR) is 94.4 cm³/mol. The second-order valence-corrected chi connectivity index (χ2v) is 7.91. The lowest BCUT2D eigenvalue weighted by Crippen LogP contribution is -2.39. The Balaban J connectivity index is 1.28. The zero-order chi connectivity index (χ0) is 16.8. The van der Waals surface area contributed by atoms with Crippen molar-refractivity contribution in [1.82, 2.24) is 19.7 Å². The molecular formula is C20H24N4O. The van der Waals surface area contributed by atoms with E-state index in [4.69, 9.17) is 0 Å². The molecule has 2 aromatic rings. The Morgan fingerprint density at radius 2 is 1.96 bits per heavy atom. The number of benzene rings is 1. The lowest BCUT2D eigenvalue weighted by Gasteiger charge is -2.30. The molecule has 3 atom stereocenters. The van der Waals surface area contributed by atoms with Crippen LogP contribution in [0.3, 0.4) is 0 Å². The van der Waals surface area contributed by atoms with Gasteiger partial charge in [0.1, 0.15) is 0 Å². The molecule has 0 radical (unpaired) electrons. The van der Waals surface area contributed by atoms with Crippen LogP contribution in [0.1, 0.15) is 37.9 Å². The molecule has 5 nitrogen and oxygen atoms in total. The monoisotopic (exact) mass is 336 g/mol. The first-order valence-electron chi connectivity index (χ1n) is 9.53. The maximum absolute atomic E-state index is 12.8. The first-order chi connectivity index (χ1) is 12.3. The summed E-state index contributed by atoms with van der Waals surface area (Å²) in [6.45, 7) is 2.15. The Morgan fingerprint density at radius 1 is 1.08 bits per heavy atom. The summed E-state index contributed by atoms with van der Waals surface area (Å²) >= 11 is 0. The summed E-state index contributed by atoms with van der Waals surface area (Å²) in [6.07, 6.45) is 6.12. The predicted octanol–water partition coefficient (Wildman–Crippen LogP) is 3.11. The second-order valence-electron chi connectivity index (χ2n) is 7.91. The van der Waals surface area contributed by atoms with Gasteiger partial charge in [0.15, 0.2) is 11.6 Å². The van der Waals surface area contributed by atoms with E-state index < -0.39 is 0 Å². The second kappa shape index (κ2) is 5.97. The molecule has 1 aromatic heterocycles. The molecule has 2 heterocycles. The number of carbonyl (C=O) groups excluding carboxylic acids is 1. The fourth-order valence-corrected chi connectivity index (χ4v) is 5.15. The molecular weight excluding hydrogens is 312 g/mol. The summed E-state index contributed by atoms with van der Waals surface area (Å²) in [5, 5.41) is 8.73. The van der Waals surface area contributed by atoms with Gasteiger partial charge in [-0.3, -0.25) is 4.79 Å². The first kappa shape index (κ1) is 15.1. The number of fused-ring (bicyclic) bond motifs is 3. The maximum Gasteiger partial charge on any atom is 0.223 e. The van der Waals surface area contributed by atoms with Gasteiger partial charge in [-0.15, -0.1) is 10.2 Å². The molecule has 25 heavy (non-hydrogen) atoms. The third-order valence-corrected chi connectivity index (χ3v) is 6.46. The summed E-state index contributed by atoms with van der Waals surface area (Å²) in [5.41, 5.74) is 1.09. The summed E-state index contributed by atoms with van der Waals surface area (Å²) in [6, 6.07) is 10.2. The summed E-state index contributed by atoms with van der Waals surface area (Å²) in [5.74, 6) is 4.48. The van der Waals surface area contributed by atoms with Gasteiger partial charge in [0.25, 0.3) is 0 Å². The van der Waals surface area contributed by atoms with Gasteiger partial charge in [0, 0.05) is 25.1 Å². The smallest absolute Gasteiger partial charge is 0.223 e. The summed E-state index contributed by atoms with van der Waals surface area (Å²) in [7, 11) is 0. The molecule has 0 spiro atoms. The van der Waals surface area contributed by atoms with Crippen molar-refractivity contribution in [3.63, 3.8) is 0 Å². The molecule has 0 saturated heterocycles. The van der Waals surface area contributed by atoms with E-state index in [1.807, 2.05) is 23.1 Å². The molecule has 3 aliphatic rings. The average Bonchev–Trinajstić information content (AvgIpc) is 3.37. The van der Waals surface area contributed by atoms with E-state index >= 15 is 0 Å². The van der Waals surface area contributed by atoms with Crippen LogP contribution >= 0.6 is 0 Å². The van der Waals surface area contributed by atoms with E-state index in [-0.39, 0.29) is 0 Å². The number of aromatic nitrogens is 3. The van der Waals surface area contributed by atoms with Crippen LogP contribution in [0.15, 0.2) is 30.3 Å². The fourth-order valence-electron chi connectivity index (χ4n) is 5.15. The molecule has 5 rings (SSSR count). The third kappa shape index (κ3) is 2.66. The zero-order valence-corrected chi connectivity index (χ0v) is 14.5. The van der Waals surface area contributed by atoms with Gasteiger partial charge in [-0.2, -0.15) is 0 Å². The minimum absolute atomic E-state index is 0.313. The number of amides is 1. The van der Waals surface area contributed by atoms with Crippen molar-refractivity contribution in [3.05, 3.63) is 36.2 Å². The minimum atomic E-state index is 0.313. The van der Waals surface area contributed by atoms with E-state index in [0.29, 0.717) is 18.4 Å². The van der Waals surface area contributed by atoms with Crippen LogP contribution in [0.25, 0.3) is 11.4 Å². The molecule has 2 saturated carbocycles. The van der Waals surface area contributed by atoms with Crippen LogP contribution in [-0.2, 0) is 17.9 Å². The molecule has 3 unspecified atom stereocenters. The highest BCUT2D eigenvalue weighted by Gasteiger charge is 2.41. The molecule has 5 heteroatoms. The number of carbonyl (C=O) groups is 1. The number of nitrogens with zero attached hydrogens (tertiary/aromatic N) is 4. The van der Waals surface area contributed by atoms with Crippen molar-refractivity contribution in [1.29, 1.82) is 0 Å². The highest BCUT2D eigenvalue weighted by molar-refractivity contribution is 5.76. The quantitative estimate of drug-likeness (QED) is 0.865. The summed E-state index contributed by atoms with van der Waals surface area (Å²) in [4.78, 5) is 14.8. The van der Waals surface area contributed by atoms with E-state index in [0.717, 1.165) is 48.6 Å². The first-order valence-corrected chi connectivity index (χ1v) is 9.53. The van der Waals surface area contributed by atoms with Gasteiger partial charge in [-0.1, -0.05) is 36.8 Å². The summed E-state index contributed by atoms with van der Waals surface area (Å²) < 4.78 is 2.16. The molecule has 2 aliphatic carbocycles. The number of hydrogen-bond acceptors (Lipinski definition) is 3. The average molecular weight is 336 g/mol. The molecule has 0 N–H and O–H groups in total. The van der Waals surface area contributed by atoms with Gasteiger partial charge < -0.3 is 9.47 Å². The van der Waals surface area contributed by atoms with Crippen molar-refractivity contribution in [2.24, 2.45) is 17.8 Å². The molecule has 2 fully saturated rings. The van der Waals surface area contributed by atoms with E-state index in [1.165, 1.54) is 25.7 Å². The Kier molecular flexibility index (Phi) is 3.61. The topological polar surface area (TPSA) is 51.0 Å². The van der Waals surface area contributed by atoms with Crippen LogP contribution in [0.2, 0.25) is 0 Å². The molecule has 130 valence electrons. The van der Waals surface area contributed by atoms with Crippen LogP contribution in [0.4, 0.5) is 0 Å². The van der Waals surface area contributed by atoms with Crippen LogP contribution < -0.4 is 0 Å². The Labute approximate surface area is 148 Å². The Bertz CT molecular complexity index is 784. The minimum Gasteiger partial charge on any atom is -0.333 e. The number of rotatable bonds is 3. The fraction of sp³-hybridized carbons (Fsp3) is 0.550. The lowest BCUT2D eigenvalue weighted by molar-refractivity contribution is -0.134. The van der Waals surface area contributed by atoms with E-state index in [1.54, 1.807) is 0 Å². The zero-order valence-electron chi connectivity index (χ0n) is 14.5. The Morgan fingerprint density at radius 3 is 2.72 bits per heavy atom. The van der Waals surface area contributed by atoms with Crippen molar-refractivity contribution in [2.75, 3.05) is 6.54 Å². The normalized spacial score (nSPS) is 27.5. The molecule has 2 bridgehead atoms. The van der Waals surface area contributed by atoms with Crippen molar-refractivity contribution >= 4 is 5.91 Å². The largest absolute Gasteiger partial charge is 0.333 e. The van der Waals surface area contributed by atoms with Crippen LogP contribution in [0.5, 0.6) is 0 Å².